The number of carbonyl (C=O) groups is 1. The molecule has 102 valence electrons. The normalized spacial score (nSPS) is 11.5. The maximum atomic E-state index is 11.7. The Labute approximate surface area is 113 Å². The lowest BCUT2D eigenvalue weighted by Gasteiger charge is -1.99. The highest BCUT2D eigenvalue weighted by molar-refractivity contribution is 7.91. The monoisotopic (exact) mass is 301 g/mol. The van der Waals surface area contributed by atoms with E-state index >= 15 is 0 Å². The highest BCUT2D eigenvalue weighted by Gasteiger charge is 2.14. The van der Waals surface area contributed by atoms with Gasteiger partial charge in [-0.05, 0) is 19.1 Å². The van der Waals surface area contributed by atoms with Crippen molar-refractivity contribution in [3.05, 3.63) is 34.5 Å². The Morgan fingerprint density at radius 2 is 2.26 bits per heavy atom. The predicted molar refractivity (Wildman–Crippen MR) is 68.1 cm³/mol. The van der Waals surface area contributed by atoms with Crippen LogP contribution in [0.1, 0.15) is 21.1 Å². The number of hydrogen-bond donors (Lipinski definition) is 2. The summed E-state index contributed by atoms with van der Waals surface area (Å²) in [5.74, 6) is -0.299. The van der Waals surface area contributed by atoms with Crippen LogP contribution in [0.5, 0.6) is 0 Å². The molecule has 0 bridgehead atoms. The van der Waals surface area contributed by atoms with Crippen LogP contribution in [0.2, 0.25) is 0 Å². The maximum absolute atomic E-state index is 11.7. The lowest BCUT2D eigenvalue weighted by atomic mass is 10.3. The van der Waals surface area contributed by atoms with Crippen molar-refractivity contribution >= 4 is 27.3 Å². The zero-order chi connectivity index (χ0) is 14.0. The van der Waals surface area contributed by atoms with Gasteiger partial charge in [-0.25, -0.2) is 13.6 Å². The Morgan fingerprint density at radius 1 is 1.53 bits per heavy atom. The van der Waals surface area contributed by atoms with Gasteiger partial charge in [0.15, 0.2) is 0 Å². The number of amides is 1. The summed E-state index contributed by atoms with van der Waals surface area (Å²) >= 11 is 1.01. The number of aromatic nitrogens is 1. The molecule has 3 N–H and O–H groups in total. The summed E-state index contributed by atoms with van der Waals surface area (Å²) in [6, 6.07) is 4.51. The Morgan fingerprint density at radius 3 is 2.79 bits per heavy atom. The molecule has 2 rings (SSSR count). The van der Waals surface area contributed by atoms with E-state index in [-0.39, 0.29) is 16.5 Å². The maximum Gasteiger partial charge on any atom is 0.290 e. The lowest BCUT2D eigenvalue weighted by Crippen LogP contribution is -2.21. The molecular formula is C10H11N3O4S2. The number of nitrogens with zero attached hydrogens (tertiary/aromatic N) is 1. The number of carbonyl (C=O) groups excluding carboxylic acids is 1. The molecule has 0 fully saturated rings. The SMILES string of the molecule is Cc1cc(C(=O)NCc2ccc(S(N)(=O)=O)s2)on1. The first-order valence-corrected chi connectivity index (χ1v) is 7.55. The van der Waals surface area contributed by atoms with Crippen LogP contribution in [0.3, 0.4) is 0 Å². The highest BCUT2D eigenvalue weighted by Crippen LogP contribution is 2.20. The van der Waals surface area contributed by atoms with Gasteiger partial charge in [0.05, 0.1) is 12.2 Å². The van der Waals surface area contributed by atoms with E-state index in [4.69, 9.17) is 9.66 Å². The van der Waals surface area contributed by atoms with Crippen molar-refractivity contribution in [2.75, 3.05) is 0 Å². The number of sulfonamides is 1. The molecule has 2 heterocycles. The van der Waals surface area contributed by atoms with Crippen LogP contribution in [0, 0.1) is 6.92 Å². The smallest absolute Gasteiger partial charge is 0.290 e. The number of thiophene rings is 1. The molecule has 2 aromatic heterocycles. The minimum atomic E-state index is -3.69. The Hall–Kier alpha value is -1.71. The molecule has 0 saturated heterocycles. The molecule has 7 nitrogen and oxygen atoms in total. The van der Waals surface area contributed by atoms with E-state index in [1.54, 1.807) is 13.0 Å². The zero-order valence-corrected chi connectivity index (χ0v) is 11.5. The summed E-state index contributed by atoms with van der Waals surface area (Å²) < 4.78 is 27.0. The summed E-state index contributed by atoms with van der Waals surface area (Å²) in [6.07, 6.45) is 0. The van der Waals surface area contributed by atoms with Crippen molar-refractivity contribution in [2.45, 2.75) is 17.7 Å². The van der Waals surface area contributed by atoms with Crippen LogP contribution >= 0.6 is 11.3 Å². The standard InChI is InChI=1S/C10H11N3O4S2/c1-6-4-8(17-13-6)10(14)12-5-7-2-3-9(18-7)19(11,15)16/h2-4H,5H2,1H3,(H,12,14)(H2,11,15,16). The summed E-state index contributed by atoms with van der Waals surface area (Å²) in [5, 5.41) is 11.2. The molecule has 0 unspecified atom stereocenters. The van der Waals surface area contributed by atoms with E-state index in [1.165, 1.54) is 12.1 Å². The second-order valence-corrected chi connectivity index (χ2v) is 6.74. The van der Waals surface area contributed by atoms with Crippen molar-refractivity contribution in [2.24, 2.45) is 5.14 Å². The molecule has 0 aliphatic carbocycles. The molecule has 0 aliphatic rings. The van der Waals surface area contributed by atoms with E-state index < -0.39 is 15.9 Å². The Balaban J connectivity index is 1.99. The molecule has 0 saturated carbocycles. The van der Waals surface area contributed by atoms with Gasteiger partial charge < -0.3 is 9.84 Å². The third-order valence-electron chi connectivity index (χ3n) is 2.19. The van der Waals surface area contributed by atoms with Gasteiger partial charge in [-0.1, -0.05) is 5.16 Å². The van der Waals surface area contributed by atoms with E-state index in [0.717, 1.165) is 11.3 Å². The van der Waals surface area contributed by atoms with Crippen molar-refractivity contribution in [3.8, 4) is 0 Å². The van der Waals surface area contributed by atoms with Crippen LogP contribution in [0.4, 0.5) is 0 Å². The second kappa shape index (κ2) is 5.11. The fourth-order valence-electron chi connectivity index (χ4n) is 1.33. The van der Waals surface area contributed by atoms with Gasteiger partial charge in [0.25, 0.3) is 5.91 Å². The molecule has 9 heteroatoms. The van der Waals surface area contributed by atoms with Gasteiger partial charge in [0, 0.05) is 10.9 Å². The van der Waals surface area contributed by atoms with Crippen molar-refractivity contribution < 1.29 is 17.7 Å². The average molecular weight is 301 g/mol. The van der Waals surface area contributed by atoms with E-state index in [9.17, 15) is 13.2 Å². The van der Waals surface area contributed by atoms with Gasteiger partial charge in [-0.3, -0.25) is 4.79 Å². The predicted octanol–water partition coefficient (Wildman–Crippen LogP) is 0.622. The Bertz CT molecular complexity index is 702. The van der Waals surface area contributed by atoms with Crippen LogP contribution in [0.15, 0.2) is 26.9 Å². The minimum Gasteiger partial charge on any atom is -0.351 e. The number of aryl methyl sites for hydroxylation is 1. The van der Waals surface area contributed by atoms with Crippen molar-refractivity contribution in [1.82, 2.24) is 10.5 Å². The largest absolute Gasteiger partial charge is 0.351 e. The van der Waals surface area contributed by atoms with Gasteiger partial charge in [-0.15, -0.1) is 11.3 Å². The van der Waals surface area contributed by atoms with Crippen molar-refractivity contribution in [3.63, 3.8) is 0 Å². The van der Waals surface area contributed by atoms with Crippen LogP contribution in [-0.2, 0) is 16.6 Å². The highest BCUT2D eigenvalue weighted by atomic mass is 32.2. The number of nitrogens with one attached hydrogen (secondary N) is 1. The van der Waals surface area contributed by atoms with Crippen LogP contribution in [0.25, 0.3) is 0 Å². The summed E-state index contributed by atoms with van der Waals surface area (Å²) in [5.41, 5.74) is 0.609. The first-order chi connectivity index (χ1) is 8.86. The van der Waals surface area contributed by atoms with Gasteiger partial charge in [0.1, 0.15) is 4.21 Å². The summed E-state index contributed by atoms with van der Waals surface area (Å²) in [4.78, 5) is 12.3. The van der Waals surface area contributed by atoms with Crippen LogP contribution < -0.4 is 10.5 Å². The van der Waals surface area contributed by atoms with Gasteiger partial charge in [-0.2, -0.15) is 0 Å². The molecule has 0 aliphatic heterocycles. The van der Waals surface area contributed by atoms with E-state index in [2.05, 4.69) is 10.5 Å². The number of rotatable bonds is 4. The fourth-order valence-corrected chi connectivity index (χ4v) is 3.05. The first-order valence-electron chi connectivity index (χ1n) is 5.19. The number of primary sulfonamides is 1. The zero-order valence-electron chi connectivity index (χ0n) is 9.91. The number of hydrogen-bond acceptors (Lipinski definition) is 6. The van der Waals surface area contributed by atoms with Crippen LogP contribution in [-0.4, -0.2) is 19.5 Å². The van der Waals surface area contributed by atoms with E-state index in [0.29, 0.717) is 10.6 Å². The molecule has 19 heavy (non-hydrogen) atoms. The quantitative estimate of drug-likeness (QED) is 0.859. The lowest BCUT2D eigenvalue weighted by molar-refractivity contribution is 0.0914. The molecule has 2 aromatic rings. The second-order valence-electron chi connectivity index (χ2n) is 3.78. The average Bonchev–Trinajstić information content (AvgIpc) is 2.93. The molecule has 0 spiro atoms. The van der Waals surface area contributed by atoms with E-state index in [1.807, 2.05) is 0 Å². The topological polar surface area (TPSA) is 115 Å². The molecule has 0 atom stereocenters. The Kier molecular flexibility index (Phi) is 3.69. The summed E-state index contributed by atoms with van der Waals surface area (Å²) in [6.45, 7) is 1.90. The molecular weight excluding hydrogens is 290 g/mol. The molecule has 0 aromatic carbocycles. The third-order valence-corrected chi connectivity index (χ3v) is 4.72. The third kappa shape index (κ3) is 3.40. The molecule has 1 amide bonds. The van der Waals surface area contributed by atoms with Gasteiger partial charge >= 0.3 is 0 Å². The molecule has 0 radical (unpaired) electrons. The fraction of sp³-hybridized carbons (Fsp3) is 0.200. The first kappa shape index (κ1) is 13.7. The van der Waals surface area contributed by atoms with Gasteiger partial charge in [0.2, 0.25) is 15.8 Å². The van der Waals surface area contributed by atoms with Crippen molar-refractivity contribution in [1.29, 1.82) is 0 Å². The summed E-state index contributed by atoms with van der Waals surface area (Å²) in [7, 11) is -3.69. The number of nitrogens with two attached hydrogens (primary N) is 1. The minimum absolute atomic E-state index is 0.0623.